The first-order chi connectivity index (χ1) is 8.40. The second kappa shape index (κ2) is 4.97. The Kier molecular flexibility index (Phi) is 3.73. The number of carbonyl (C=O) groups excluding carboxylic acids is 2. The number of nitrogens with zero attached hydrogens (tertiary/aromatic N) is 1. The highest BCUT2D eigenvalue weighted by atomic mass is 79.9. The average Bonchev–Trinajstić information content (AvgIpc) is 2.20. The van der Waals surface area contributed by atoms with Crippen molar-refractivity contribution in [3.8, 4) is 0 Å². The fourth-order valence-corrected chi connectivity index (χ4v) is 3.00. The number of hydrogen-bond acceptors (Lipinski definition) is 2. The Balaban J connectivity index is 2.48. The summed E-state index contributed by atoms with van der Waals surface area (Å²) in [4.78, 5) is 24.9. The van der Waals surface area contributed by atoms with Crippen molar-refractivity contribution in [1.29, 1.82) is 0 Å². The van der Waals surface area contributed by atoms with Gasteiger partial charge in [0.05, 0.1) is 10.7 Å². The third kappa shape index (κ3) is 2.42. The number of piperidine rings is 1. The lowest BCUT2D eigenvalue weighted by molar-refractivity contribution is -0.130. The van der Waals surface area contributed by atoms with Crippen LogP contribution in [0.2, 0.25) is 5.02 Å². The molecule has 18 heavy (non-hydrogen) atoms. The Bertz CT molecular complexity index is 494. The molecule has 0 N–H and O–H groups in total. The van der Waals surface area contributed by atoms with Crippen molar-refractivity contribution in [2.45, 2.75) is 19.8 Å². The Labute approximate surface area is 117 Å². The van der Waals surface area contributed by atoms with Crippen molar-refractivity contribution >= 4 is 45.0 Å². The predicted molar refractivity (Wildman–Crippen MR) is 70.0 cm³/mol. The molecule has 1 heterocycles. The first-order valence-corrected chi connectivity index (χ1v) is 6.57. The van der Waals surface area contributed by atoms with Crippen LogP contribution in [-0.4, -0.2) is 11.8 Å². The van der Waals surface area contributed by atoms with Crippen LogP contribution in [0.3, 0.4) is 0 Å². The van der Waals surface area contributed by atoms with E-state index in [9.17, 15) is 14.0 Å². The minimum Gasteiger partial charge on any atom is -0.274 e. The molecule has 0 spiro atoms. The summed E-state index contributed by atoms with van der Waals surface area (Å²) < 4.78 is 13.4. The first kappa shape index (κ1) is 13.5. The Morgan fingerprint density at radius 3 is 2.39 bits per heavy atom. The molecule has 0 radical (unpaired) electrons. The molecule has 1 aliphatic heterocycles. The lowest BCUT2D eigenvalue weighted by Gasteiger charge is -2.29. The summed E-state index contributed by atoms with van der Waals surface area (Å²) in [5.41, 5.74) is 0.222. The van der Waals surface area contributed by atoms with Gasteiger partial charge >= 0.3 is 0 Å². The van der Waals surface area contributed by atoms with E-state index >= 15 is 0 Å². The summed E-state index contributed by atoms with van der Waals surface area (Å²) in [7, 11) is 0. The summed E-state index contributed by atoms with van der Waals surface area (Å²) in [5.74, 6) is -1.12. The molecule has 2 rings (SSSR count). The highest BCUT2D eigenvalue weighted by Crippen LogP contribution is 2.37. The standard InChI is InChI=1S/C12H10BrClFNO2/c1-6-2-10(17)16(11(18)3-6)12-8(13)4-7(15)5-9(12)14/h4-6H,2-3H2,1H3. The quantitative estimate of drug-likeness (QED) is 0.737. The van der Waals surface area contributed by atoms with E-state index in [0.29, 0.717) is 4.47 Å². The number of halogens is 3. The Morgan fingerprint density at radius 1 is 1.33 bits per heavy atom. The zero-order valence-electron chi connectivity index (χ0n) is 9.54. The largest absolute Gasteiger partial charge is 0.274 e. The molecule has 2 amide bonds. The van der Waals surface area contributed by atoms with Crippen molar-refractivity contribution < 1.29 is 14.0 Å². The monoisotopic (exact) mass is 333 g/mol. The maximum Gasteiger partial charge on any atom is 0.234 e. The van der Waals surface area contributed by atoms with Crippen molar-refractivity contribution in [3.63, 3.8) is 0 Å². The van der Waals surface area contributed by atoms with Gasteiger partial charge in [-0.2, -0.15) is 0 Å². The molecule has 3 nitrogen and oxygen atoms in total. The average molecular weight is 335 g/mol. The third-order valence-electron chi connectivity index (χ3n) is 2.75. The van der Waals surface area contributed by atoms with Gasteiger partial charge in [0.15, 0.2) is 0 Å². The van der Waals surface area contributed by atoms with Gasteiger partial charge in [-0.1, -0.05) is 18.5 Å². The lowest BCUT2D eigenvalue weighted by Crippen LogP contribution is -2.43. The van der Waals surface area contributed by atoms with E-state index in [0.717, 1.165) is 11.0 Å². The van der Waals surface area contributed by atoms with Gasteiger partial charge in [-0.25, -0.2) is 9.29 Å². The summed E-state index contributed by atoms with van der Waals surface area (Å²) in [5, 5.41) is 0.0399. The third-order valence-corrected chi connectivity index (χ3v) is 3.64. The molecule has 0 bridgehead atoms. The minimum absolute atomic E-state index is 0.0271. The van der Waals surface area contributed by atoms with E-state index in [-0.39, 0.29) is 41.3 Å². The van der Waals surface area contributed by atoms with Gasteiger partial charge in [0.25, 0.3) is 0 Å². The van der Waals surface area contributed by atoms with Gasteiger partial charge in [-0.05, 0) is 34.0 Å². The van der Waals surface area contributed by atoms with E-state index in [4.69, 9.17) is 11.6 Å². The van der Waals surface area contributed by atoms with Gasteiger partial charge in [-0.3, -0.25) is 9.59 Å². The number of rotatable bonds is 1. The van der Waals surface area contributed by atoms with Gasteiger partial charge < -0.3 is 0 Å². The summed E-state index contributed by atoms with van der Waals surface area (Å²) in [6.07, 6.45) is 0.567. The lowest BCUT2D eigenvalue weighted by atomic mass is 9.97. The Hall–Kier alpha value is -0.940. The summed E-state index contributed by atoms with van der Waals surface area (Å²) >= 11 is 9.05. The SMILES string of the molecule is CC1CC(=O)N(c2c(Cl)cc(F)cc2Br)C(=O)C1. The second-order valence-electron chi connectivity index (χ2n) is 4.35. The fraction of sp³-hybridized carbons (Fsp3) is 0.333. The number of imide groups is 1. The van der Waals surface area contributed by atoms with Gasteiger partial charge in [-0.15, -0.1) is 0 Å². The van der Waals surface area contributed by atoms with Crippen LogP contribution < -0.4 is 4.90 Å². The maximum absolute atomic E-state index is 13.1. The van der Waals surface area contributed by atoms with Crippen LogP contribution in [0.15, 0.2) is 16.6 Å². The number of anilines is 1. The zero-order chi connectivity index (χ0) is 13.4. The number of carbonyl (C=O) groups is 2. The highest BCUT2D eigenvalue weighted by molar-refractivity contribution is 9.10. The normalized spacial score (nSPS) is 17.4. The highest BCUT2D eigenvalue weighted by Gasteiger charge is 2.33. The molecule has 6 heteroatoms. The molecular weight excluding hydrogens is 324 g/mol. The molecular formula is C12H10BrClFNO2. The van der Waals surface area contributed by atoms with E-state index in [1.165, 1.54) is 6.07 Å². The maximum atomic E-state index is 13.1. The van der Waals surface area contributed by atoms with Gasteiger partial charge in [0.2, 0.25) is 11.8 Å². The van der Waals surface area contributed by atoms with Crippen molar-refractivity contribution in [1.82, 2.24) is 0 Å². The summed E-state index contributed by atoms with van der Waals surface area (Å²) in [6.45, 7) is 1.84. The van der Waals surface area contributed by atoms with Crippen molar-refractivity contribution in [3.05, 3.63) is 27.4 Å². The van der Waals surface area contributed by atoms with Crippen LogP contribution in [0, 0.1) is 11.7 Å². The molecule has 96 valence electrons. The molecule has 0 atom stereocenters. The number of benzene rings is 1. The number of amides is 2. The molecule has 1 aromatic rings. The fourth-order valence-electron chi connectivity index (χ4n) is 1.99. The summed E-state index contributed by atoms with van der Waals surface area (Å²) in [6, 6.07) is 2.26. The van der Waals surface area contributed by atoms with E-state index < -0.39 is 5.82 Å². The van der Waals surface area contributed by atoms with Crippen LogP contribution in [0.4, 0.5) is 10.1 Å². The molecule has 0 aliphatic carbocycles. The van der Waals surface area contributed by atoms with Crippen LogP contribution in [0.1, 0.15) is 19.8 Å². The van der Waals surface area contributed by atoms with E-state index in [2.05, 4.69) is 15.9 Å². The van der Waals surface area contributed by atoms with Crippen LogP contribution in [-0.2, 0) is 9.59 Å². The molecule has 0 aromatic heterocycles. The topological polar surface area (TPSA) is 37.4 Å². The van der Waals surface area contributed by atoms with Gasteiger partial charge in [0.1, 0.15) is 5.82 Å². The zero-order valence-corrected chi connectivity index (χ0v) is 11.9. The molecule has 1 aliphatic rings. The smallest absolute Gasteiger partial charge is 0.234 e. The minimum atomic E-state index is -0.527. The molecule has 1 fully saturated rings. The molecule has 0 saturated carbocycles. The van der Waals surface area contributed by atoms with Gasteiger partial charge in [0, 0.05) is 17.3 Å². The predicted octanol–water partition coefficient (Wildman–Crippen LogP) is 3.53. The molecule has 1 saturated heterocycles. The molecule has 0 unspecified atom stereocenters. The van der Waals surface area contributed by atoms with Crippen molar-refractivity contribution in [2.24, 2.45) is 5.92 Å². The Morgan fingerprint density at radius 2 is 1.89 bits per heavy atom. The van der Waals surface area contributed by atoms with Crippen LogP contribution in [0.25, 0.3) is 0 Å². The second-order valence-corrected chi connectivity index (χ2v) is 5.62. The van der Waals surface area contributed by atoms with E-state index in [1.807, 2.05) is 6.92 Å². The first-order valence-electron chi connectivity index (χ1n) is 5.40. The van der Waals surface area contributed by atoms with E-state index in [1.54, 1.807) is 0 Å². The number of hydrogen-bond donors (Lipinski definition) is 0. The van der Waals surface area contributed by atoms with Crippen LogP contribution >= 0.6 is 27.5 Å². The molecule has 1 aromatic carbocycles. The van der Waals surface area contributed by atoms with Crippen molar-refractivity contribution in [2.75, 3.05) is 4.90 Å². The van der Waals surface area contributed by atoms with Crippen LogP contribution in [0.5, 0.6) is 0 Å².